The standard InChI is InChI=1S/C15H19N3OS/c16-8-12-11-6-3-7-13(11)20-15(12)18-14(19)9-17-10-4-1-2-5-10/h10,17H,1-7,9H2,(H,18,19). The Bertz CT molecular complexity index is 552. The van der Waals surface area contributed by atoms with Crippen LogP contribution in [-0.4, -0.2) is 18.5 Å². The first-order chi connectivity index (χ1) is 9.78. The summed E-state index contributed by atoms with van der Waals surface area (Å²) in [6.07, 6.45) is 8.02. The number of thiophene rings is 1. The maximum Gasteiger partial charge on any atom is 0.238 e. The lowest BCUT2D eigenvalue weighted by Crippen LogP contribution is -2.34. The van der Waals surface area contributed by atoms with E-state index in [1.807, 2.05) is 0 Å². The monoisotopic (exact) mass is 289 g/mol. The Labute approximate surface area is 123 Å². The molecule has 0 radical (unpaired) electrons. The first-order valence-electron chi connectivity index (χ1n) is 7.36. The van der Waals surface area contributed by atoms with Crippen LogP contribution in [0.5, 0.6) is 0 Å². The predicted octanol–water partition coefficient (Wildman–Crippen LogP) is 2.58. The minimum absolute atomic E-state index is 0.0340. The molecule has 2 N–H and O–H groups in total. The van der Waals surface area contributed by atoms with Crippen molar-refractivity contribution in [2.75, 3.05) is 11.9 Å². The van der Waals surface area contributed by atoms with Gasteiger partial charge in [0, 0.05) is 10.9 Å². The van der Waals surface area contributed by atoms with E-state index in [0.29, 0.717) is 18.2 Å². The third-order valence-electron chi connectivity index (χ3n) is 4.19. The van der Waals surface area contributed by atoms with Crippen LogP contribution in [0.4, 0.5) is 5.00 Å². The zero-order chi connectivity index (χ0) is 13.9. The van der Waals surface area contributed by atoms with Crippen molar-refractivity contribution in [1.29, 1.82) is 5.26 Å². The van der Waals surface area contributed by atoms with Crippen LogP contribution in [0, 0.1) is 11.3 Å². The molecule has 1 heterocycles. The summed E-state index contributed by atoms with van der Waals surface area (Å²) in [4.78, 5) is 13.3. The number of rotatable bonds is 4. The molecule has 4 nitrogen and oxygen atoms in total. The molecule has 1 aromatic rings. The SMILES string of the molecule is N#Cc1c(NC(=O)CNC2CCCC2)sc2c1CCC2. The van der Waals surface area contributed by atoms with Gasteiger partial charge in [-0.3, -0.25) is 4.79 Å². The molecule has 2 aliphatic carbocycles. The van der Waals surface area contributed by atoms with Crippen molar-refractivity contribution in [3.8, 4) is 6.07 Å². The highest BCUT2D eigenvalue weighted by molar-refractivity contribution is 7.16. The fourth-order valence-electron chi connectivity index (χ4n) is 3.15. The number of hydrogen-bond acceptors (Lipinski definition) is 4. The van der Waals surface area contributed by atoms with Crippen LogP contribution in [-0.2, 0) is 17.6 Å². The number of nitriles is 1. The summed E-state index contributed by atoms with van der Waals surface area (Å²) in [6, 6.07) is 2.74. The van der Waals surface area contributed by atoms with Crippen LogP contribution in [0.25, 0.3) is 0 Å². The molecule has 5 heteroatoms. The quantitative estimate of drug-likeness (QED) is 0.895. The molecule has 0 saturated heterocycles. The fourth-order valence-corrected chi connectivity index (χ4v) is 4.40. The lowest BCUT2D eigenvalue weighted by Gasteiger charge is -2.11. The van der Waals surface area contributed by atoms with E-state index < -0.39 is 0 Å². The van der Waals surface area contributed by atoms with Crippen LogP contribution >= 0.6 is 11.3 Å². The average molecular weight is 289 g/mol. The van der Waals surface area contributed by atoms with Gasteiger partial charge in [0.1, 0.15) is 11.1 Å². The van der Waals surface area contributed by atoms with Crippen molar-refractivity contribution >= 4 is 22.2 Å². The molecule has 1 fully saturated rings. The summed E-state index contributed by atoms with van der Waals surface area (Å²) in [5, 5.41) is 16.2. The number of fused-ring (bicyclic) bond motifs is 1. The molecule has 1 amide bonds. The van der Waals surface area contributed by atoms with Gasteiger partial charge in [0.05, 0.1) is 12.1 Å². The zero-order valence-electron chi connectivity index (χ0n) is 11.5. The van der Waals surface area contributed by atoms with Crippen molar-refractivity contribution < 1.29 is 4.79 Å². The van der Waals surface area contributed by atoms with E-state index in [1.165, 1.54) is 30.6 Å². The summed E-state index contributed by atoms with van der Waals surface area (Å²) in [6.45, 7) is 0.345. The van der Waals surface area contributed by atoms with E-state index in [1.54, 1.807) is 11.3 Å². The Morgan fingerprint density at radius 3 is 2.85 bits per heavy atom. The van der Waals surface area contributed by atoms with Crippen LogP contribution < -0.4 is 10.6 Å². The number of nitrogens with zero attached hydrogens (tertiary/aromatic N) is 1. The lowest BCUT2D eigenvalue weighted by molar-refractivity contribution is -0.115. The molecule has 2 aliphatic rings. The van der Waals surface area contributed by atoms with Crippen molar-refractivity contribution in [1.82, 2.24) is 5.32 Å². The Morgan fingerprint density at radius 1 is 1.30 bits per heavy atom. The summed E-state index contributed by atoms with van der Waals surface area (Å²) >= 11 is 1.58. The number of nitrogens with one attached hydrogen (secondary N) is 2. The Morgan fingerprint density at radius 2 is 2.10 bits per heavy atom. The van der Waals surface area contributed by atoms with E-state index in [-0.39, 0.29) is 5.91 Å². The van der Waals surface area contributed by atoms with E-state index in [4.69, 9.17) is 0 Å². The predicted molar refractivity (Wildman–Crippen MR) is 79.9 cm³/mol. The maximum absolute atomic E-state index is 12.0. The second-order valence-corrected chi connectivity index (χ2v) is 6.69. The minimum Gasteiger partial charge on any atom is -0.315 e. The third-order valence-corrected chi connectivity index (χ3v) is 5.40. The van der Waals surface area contributed by atoms with Gasteiger partial charge in [-0.05, 0) is 37.7 Å². The summed E-state index contributed by atoms with van der Waals surface area (Å²) in [5.74, 6) is -0.0340. The van der Waals surface area contributed by atoms with Gasteiger partial charge in [0.2, 0.25) is 5.91 Å². The van der Waals surface area contributed by atoms with Crippen LogP contribution in [0.15, 0.2) is 0 Å². The second kappa shape index (κ2) is 5.94. The van der Waals surface area contributed by atoms with E-state index in [9.17, 15) is 10.1 Å². The maximum atomic E-state index is 12.0. The summed E-state index contributed by atoms with van der Waals surface area (Å²) < 4.78 is 0. The third kappa shape index (κ3) is 2.72. The molecule has 0 aromatic carbocycles. The van der Waals surface area contributed by atoms with Crippen molar-refractivity contribution in [2.24, 2.45) is 0 Å². The molecule has 0 spiro atoms. The Kier molecular flexibility index (Phi) is 4.04. The Hall–Kier alpha value is -1.38. The topological polar surface area (TPSA) is 64.9 Å². The van der Waals surface area contributed by atoms with Crippen molar-refractivity contribution in [3.63, 3.8) is 0 Å². The number of anilines is 1. The highest BCUT2D eigenvalue weighted by atomic mass is 32.1. The first-order valence-corrected chi connectivity index (χ1v) is 8.17. The van der Waals surface area contributed by atoms with E-state index in [0.717, 1.165) is 29.8 Å². The molecule has 0 unspecified atom stereocenters. The fraction of sp³-hybridized carbons (Fsp3) is 0.600. The van der Waals surface area contributed by atoms with Gasteiger partial charge in [0.15, 0.2) is 0 Å². The van der Waals surface area contributed by atoms with Gasteiger partial charge in [0.25, 0.3) is 0 Å². The number of amides is 1. The molecule has 20 heavy (non-hydrogen) atoms. The zero-order valence-corrected chi connectivity index (χ0v) is 12.3. The number of aryl methyl sites for hydroxylation is 1. The summed E-state index contributed by atoms with van der Waals surface area (Å²) in [7, 11) is 0. The van der Waals surface area contributed by atoms with E-state index in [2.05, 4.69) is 16.7 Å². The highest BCUT2D eigenvalue weighted by Crippen LogP contribution is 2.38. The number of hydrogen-bond donors (Lipinski definition) is 2. The molecule has 0 bridgehead atoms. The number of carbonyl (C=O) groups excluding carboxylic acids is 1. The van der Waals surface area contributed by atoms with Crippen molar-refractivity contribution in [3.05, 3.63) is 16.0 Å². The molecule has 0 atom stereocenters. The van der Waals surface area contributed by atoms with Gasteiger partial charge >= 0.3 is 0 Å². The molecule has 1 saturated carbocycles. The van der Waals surface area contributed by atoms with Crippen LogP contribution in [0.3, 0.4) is 0 Å². The number of carbonyl (C=O) groups is 1. The van der Waals surface area contributed by atoms with E-state index >= 15 is 0 Å². The Balaban J connectivity index is 1.60. The molecule has 106 valence electrons. The highest BCUT2D eigenvalue weighted by Gasteiger charge is 2.23. The molecule has 0 aliphatic heterocycles. The molecule has 1 aromatic heterocycles. The largest absolute Gasteiger partial charge is 0.315 e. The van der Waals surface area contributed by atoms with Gasteiger partial charge in [-0.15, -0.1) is 11.3 Å². The van der Waals surface area contributed by atoms with Crippen molar-refractivity contribution in [2.45, 2.75) is 51.0 Å². The van der Waals surface area contributed by atoms with Gasteiger partial charge in [-0.25, -0.2) is 0 Å². The molecule has 3 rings (SSSR count). The van der Waals surface area contributed by atoms with Gasteiger partial charge < -0.3 is 10.6 Å². The van der Waals surface area contributed by atoms with Gasteiger partial charge in [-0.2, -0.15) is 5.26 Å². The van der Waals surface area contributed by atoms with Crippen LogP contribution in [0.2, 0.25) is 0 Å². The molecular formula is C15H19N3OS. The minimum atomic E-state index is -0.0340. The first kappa shape index (κ1) is 13.6. The second-order valence-electron chi connectivity index (χ2n) is 5.58. The van der Waals surface area contributed by atoms with Crippen LogP contribution in [0.1, 0.15) is 48.1 Å². The summed E-state index contributed by atoms with van der Waals surface area (Å²) in [5.41, 5.74) is 1.85. The average Bonchev–Trinajstić information content (AvgIpc) is 3.12. The normalized spacial score (nSPS) is 17.9. The van der Waals surface area contributed by atoms with Gasteiger partial charge in [-0.1, -0.05) is 12.8 Å². The lowest BCUT2D eigenvalue weighted by atomic mass is 10.1. The smallest absolute Gasteiger partial charge is 0.238 e. The molecular weight excluding hydrogens is 270 g/mol.